The summed E-state index contributed by atoms with van der Waals surface area (Å²) < 4.78 is 5.40. The van der Waals surface area contributed by atoms with E-state index in [0.717, 1.165) is 24.2 Å². The minimum Gasteiger partial charge on any atom is -0.494 e. The number of benzene rings is 1. The number of ether oxygens (including phenoxy) is 1. The van der Waals surface area contributed by atoms with E-state index in [1.54, 1.807) is 11.3 Å². The quantitative estimate of drug-likeness (QED) is 0.678. The second kappa shape index (κ2) is 9.73. The summed E-state index contributed by atoms with van der Waals surface area (Å²) in [6.07, 6.45) is 4.87. The first kappa shape index (κ1) is 20.4. The number of carbonyl (C=O) groups excluding carboxylic acids is 2. The van der Waals surface area contributed by atoms with Crippen molar-refractivity contribution in [2.24, 2.45) is 0 Å². The van der Waals surface area contributed by atoms with Crippen molar-refractivity contribution in [1.29, 1.82) is 0 Å². The Balaban J connectivity index is 1.43. The highest BCUT2D eigenvalue weighted by Gasteiger charge is 2.36. The summed E-state index contributed by atoms with van der Waals surface area (Å²) >= 11 is 1.76. The van der Waals surface area contributed by atoms with Crippen molar-refractivity contribution in [2.45, 2.75) is 44.4 Å². The van der Waals surface area contributed by atoms with Crippen LogP contribution in [0.5, 0.6) is 5.75 Å². The first-order valence-corrected chi connectivity index (χ1v) is 10.8. The molecule has 1 aromatic carbocycles. The molecule has 1 heterocycles. The van der Waals surface area contributed by atoms with Crippen molar-refractivity contribution >= 4 is 23.2 Å². The zero-order valence-electron chi connectivity index (χ0n) is 16.3. The fraction of sp³-hybridized carbons (Fsp3) is 0.455. The van der Waals surface area contributed by atoms with Crippen LogP contribution >= 0.6 is 11.3 Å². The summed E-state index contributed by atoms with van der Waals surface area (Å²) in [5.41, 5.74) is 0.958. The number of nitrogens with one attached hydrogen (secondary N) is 2. The Hall–Kier alpha value is -2.34. The highest BCUT2D eigenvalue weighted by atomic mass is 32.1. The van der Waals surface area contributed by atoms with Gasteiger partial charge in [0.1, 0.15) is 5.75 Å². The Morgan fingerprint density at radius 3 is 2.46 bits per heavy atom. The topological polar surface area (TPSA) is 67.4 Å². The zero-order chi connectivity index (χ0) is 19.8. The zero-order valence-corrected chi connectivity index (χ0v) is 17.1. The summed E-state index contributed by atoms with van der Waals surface area (Å²) in [5.74, 6) is 0.494. The molecule has 1 aliphatic carbocycles. The van der Waals surface area contributed by atoms with Crippen LogP contribution in [0.3, 0.4) is 0 Å². The van der Waals surface area contributed by atoms with E-state index in [1.165, 1.54) is 17.7 Å². The van der Waals surface area contributed by atoms with E-state index in [2.05, 4.69) is 28.1 Å². The Kier molecular flexibility index (Phi) is 7.09. The van der Waals surface area contributed by atoms with E-state index < -0.39 is 0 Å². The largest absolute Gasteiger partial charge is 0.494 e. The predicted molar refractivity (Wildman–Crippen MR) is 112 cm³/mol. The predicted octanol–water partition coefficient (Wildman–Crippen LogP) is 3.43. The second-order valence-corrected chi connectivity index (χ2v) is 8.22. The van der Waals surface area contributed by atoms with Crippen molar-refractivity contribution in [1.82, 2.24) is 10.6 Å². The lowest BCUT2D eigenvalue weighted by molar-refractivity contribution is -0.125. The van der Waals surface area contributed by atoms with Gasteiger partial charge in [-0.05, 0) is 48.9 Å². The SMILES string of the molecule is CCOc1ccc(CC(=O)NCC(=O)NCC2(c3cccs3)CCCC2)cc1. The lowest BCUT2D eigenvalue weighted by atomic mass is 9.84. The van der Waals surface area contributed by atoms with E-state index in [0.29, 0.717) is 13.2 Å². The van der Waals surface area contributed by atoms with E-state index in [4.69, 9.17) is 4.74 Å². The number of amides is 2. The summed E-state index contributed by atoms with van der Waals surface area (Å²) in [4.78, 5) is 25.7. The highest BCUT2D eigenvalue weighted by Crippen LogP contribution is 2.42. The average molecular weight is 401 g/mol. The van der Waals surface area contributed by atoms with E-state index in [9.17, 15) is 9.59 Å². The van der Waals surface area contributed by atoms with Crippen LogP contribution in [0.2, 0.25) is 0 Å². The van der Waals surface area contributed by atoms with Crippen LogP contribution < -0.4 is 15.4 Å². The molecule has 0 saturated heterocycles. The molecular formula is C22H28N2O3S. The molecule has 2 N–H and O–H groups in total. The van der Waals surface area contributed by atoms with E-state index in [-0.39, 0.29) is 30.2 Å². The Labute approximate surface area is 170 Å². The fourth-order valence-corrected chi connectivity index (χ4v) is 4.76. The van der Waals surface area contributed by atoms with Crippen molar-refractivity contribution in [2.75, 3.05) is 19.7 Å². The Bertz CT molecular complexity index is 766. The fourth-order valence-electron chi connectivity index (χ4n) is 3.77. The molecule has 5 nitrogen and oxygen atoms in total. The van der Waals surface area contributed by atoms with Gasteiger partial charge in [0.05, 0.1) is 19.6 Å². The van der Waals surface area contributed by atoms with Gasteiger partial charge in [-0.1, -0.05) is 31.0 Å². The van der Waals surface area contributed by atoms with Gasteiger partial charge in [0, 0.05) is 16.8 Å². The Morgan fingerprint density at radius 2 is 1.82 bits per heavy atom. The monoisotopic (exact) mass is 400 g/mol. The molecular weight excluding hydrogens is 372 g/mol. The lowest BCUT2D eigenvalue weighted by Gasteiger charge is -2.28. The molecule has 1 fully saturated rings. The first-order valence-electron chi connectivity index (χ1n) is 9.90. The van der Waals surface area contributed by atoms with Crippen LogP contribution in [-0.2, 0) is 21.4 Å². The summed E-state index contributed by atoms with van der Waals surface area (Å²) in [6, 6.07) is 11.7. The van der Waals surface area contributed by atoms with E-state index in [1.807, 2.05) is 31.2 Å². The number of hydrogen-bond acceptors (Lipinski definition) is 4. The van der Waals surface area contributed by atoms with E-state index >= 15 is 0 Å². The third-order valence-electron chi connectivity index (χ3n) is 5.27. The smallest absolute Gasteiger partial charge is 0.239 e. The van der Waals surface area contributed by atoms with Crippen LogP contribution in [0.1, 0.15) is 43.0 Å². The van der Waals surface area contributed by atoms with Crippen LogP contribution in [0, 0.1) is 0 Å². The van der Waals surface area contributed by atoms with Crippen LogP contribution in [0.4, 0.5) is 0 Å². The maximum atomic E-state index is 12.2. The number of thiophene rings is 1. The molecule has 2 amide bonds. The van der Waals surface area contributed by atoms with Gasteiger partial charge in [0.15, 0.2) is 0 Å². The lowest BCUT2D eigenvalue weighted by Crippen LogP contribution is -2.43. The van der Waals surface area contributed by atoms with Gasteiger partial charge in [-0.3, -0.25) is 9.59 Å². The number of carbonyl (C=O) groups is 2. The third kappa shape index (κ3) is 5.35. The van der Waals surface area contributed by atoms with Gasteiger partial charge in [-0.25, -0.2) is 0 Å². The molecule has 1 aromatic heterocycles. The molecule has 6 heteroatoms. The minimum absolute atomic E-state index is 0.0103. The molecule has 0 atom stereocenters. The normalized spacial score (nSPS) is 15.2. The molecule has 3 rings (SSSR count). The Morgan fingerprint density at radius 1 is 1.07 bits per heavy atom. The maximum absolute atomic E-state index is 12.2. The van der Waals surface area contributed by atoms with Crippen LogP contribution in [0.15, 0.2) is 41.8 Å². The third-order valence-corrected chi connectivity index (χ3v) is 6.39. The average Bonchev–Trinajstić information content (AvgIpc) is 3.39. The molecule has 150 valence electrons. The molecule has 1 aliphatic rings. The van der Waals surface area contributed by atoms with Gasteiger partial charge in [0.25, 0.3) is 0 Å². The second-order valence-electron chi connectivity index (χ2n) is 7.27. The minimum atomic E-state index is -0.159. The summed E-state index contributed by atoms with van der Waals surface area (Å²) in [5, 5.41) is 7.84. The molecule has 1 saturated carbocycles. The van der Waals surface area contributed by atoms with Crippen molar-refractivity contribution in [3.63, 3.8) is 0 Å². The van der Waals surface area contributed by atoms with Crippen molar-refractivity contribution < 1.29 is 14.3 Å². The maximum Gasteiger partial charge on any atom is 0.239 e. The number of rotatable bonds is 9. The van der Waals surface area contributed by atoms with Crippen LogP contribution in [0.25, 0.3) is 0 Å². The molecule has 28 heavy (non-hydrogen) atoms. The van der Waals surface area contributed by atoms with Gasteiger partial charge < -0.3 is 15.4 Å². The van der Waals surface area contributed by atoms with Gasteiger partial charge in [-0.2, -0.15) is 0 Å². The standard InChI is InChI=1S/C22H28N2O3S/c1-2-27-18-9-7-17(8-10-18)14-20(25)23-15-21(26)24-16-22(11-3-4-12-22)19-6-5-13-28-19/h5-10,13H,2-4,11-12,14-16H2,1H3,(H,23,25)(H,24,26). The van der Waals surface area contributed by atoms with Gasteiger partial charge in [-0.15, -0.1) is 11.3 Å². The molecule has 0 spiro atoms. The summed E-state index contributed by atoms with van der Waals surface area (Å²) in [6.45, 7) is 3.20. The first-order chi connectivity index (χ1) is 13.6. The molecule has 0 aliphatic heterocycles. The molecule has 2 aromatic rings. The highest BCUT2D eigenvalue weighted by molar-refractivity contribution is 7.10. The molecule has 0 bridgehead atoms. The van der Waals surface area contributed by atoms with Crippen LogP contribution in [-0.4, -0.2) is 31.5 Å². The van der Waals surface area contributed by atoms with Crippen molar-refractivity contribution in [3.8, 4) is 5.75 Å². The molecule has 0 unspecified atom stereocenters. The van der Waals surface area contributed by atoms with Gasteiger partial charge in [0.2, 0.25) is 11.8 Å². The molecule has 0 radical (unpaired) electrons. The van der Waals surface area contributed by atoms with Gasteiger partial charge >= 0.3 is 0 Å². The summed E-state index contributed by atoms with van der Waals surface area (Å²) in [7, 11) is 0. The number of hydrogen-bond donors (Lipinski definition) is 2. The van der Waals surface area contributed by atoms with Crippen molar-refractivity contribution in [3.05, 3.63) is 52.2 Å².